The van der Waals surface area contributed by atoms with Crippen molar-refractivity contribution < 1.29 is 28.8 Å². The average molecular weight is 686 g/mol. The number of benzene rings is 5. The molecule has 1 aliphatic rings. The van der Waals surface area contributed by atoms with Crippen LogP contribution in [0.1, 0.15) is 27.8 Å². The Labute approximate surface area is 299 Å². The van der Waals surface area contributed by atoms with Crippen LogP contribution in [0.4, 0.5) is 0 Å². The minimum Gasteiger partial charge on any atom is -0.389 e. The fraction of sp³-hybridized carbons (Fsp3) is 0.286. The molecule has 0 aliphatic heterocycles. The maximum Gasteiger partial charge on any atom is 0.147 e. The Morgan fingerprint density at radius 3 is 1.37 bits per heavy atom. The van der Waals surface area contributed by atoms with E-state index in [1.807, 2.05) is 152 Å². The van der Waals surface area contributed by atoms with E-state index in [1.54, 1.807) is 0 Å². The summed E-state index contributed by atoms with van der Waals surface area (Å²) >= 11 is 0. The van der Waals surface area contributed by atoms with Gasteiger partial charge in [-0.25, -0.2) is 0 Å². The highest BCUT2D eigenvalue weighted by molar-refractivity contribution is 5.21. The molecule has 5 aromatic carbocycles. The molecule has 9 heteroatoms. The molecule has 0 radical (unpaired) electrons. The van der Waals surface area contributed by atoms with Crippen molar-refractivity contribution in [1.29, 1.82) is 0 Å². The van der Waals surface area contributed by atoms with Crippen molar-refractivity contribution in [2.24, 2.45) is 5.11 Å². The summed E-state index contributed by atoms with van der Waals surface area (Å²) in [4.78, 5) is 3.19. The molecule has 0 unspecified atom stereocenters. The van der Waals surface area contributed by atoms with Crippen LogP contribution in [0.25, 0.3) is 10.4 Å². The van der Waals surface area contributed by atoms with E-state index in [0.717, 1.165) is 27.8 Å². The van der Waals surface area contributed by atoms with E-state index in [-0.39, 0.29) is 39.6 Å². The summed E-state index contributed by atoms with van der Waals surface area (Å²) in [6.45, 7) is 0.877. The number of ether oxygens (including phenoxy) is 5. The summed E-state index contributed by atoms with van der Waals surface area (Å²) in [5, 5.41) is 16.7. The maximum absolute atomic E-state index is 12.5. The molecule has 1 fully saturated rings. The summed E-state index contributed by atoms with van der Waals surface area (Å²) < 4.78 is 33.5. The predicted molar refractivity (Wildman–Crippen MR) is 194 cm³/mol. The number of aliphatic hydroxyl groups excluding tert-OH is 1. The molecule has 51 heavy (non-hydrogen) atoms. The molecule has 0 spiro atoms. The van der Waals surface area contributed by atoms with Crippen molar-refractivity contribution in [3.8, 4) is 0 Å². The van der Waals surface area contributed by atoms with Gasteiger partial charge in [-0.2, -0.15) is 0 Å². The van der Waals surface area contributed by atoms with Crippen LogP contribution in [0.2, 0.25) is 0 Å². The number of hydrogen-bond acceptors (Lipinski definition) is 7. The number of azide groups is 1. The molecular formula is C42H43N3O6. The molecule has 1 saturated carbocycles. The van der Waals surface area contributed by atoms with Gasteiger partial charge in [0.1, 0.15) is 17.8 Å². The first-order valence-electron chi connectivity index (χ1n) is 17.1. The van der Waals surface area contributed by atoms with Crippen LogP contribution in [0.5, 0.6) is 0 Å². The molecular weight excluding hydrogens is 642 g/mol. The van der Waals surface area contributed by atoms with Crippen molar-refractivity contribution in [3.63, 3.8) is 0 Å². The topological polar surface area (TPSA) is 115 Å². The lowest BCUT2D eigenvalue weighted by Crippen LogP contribution is -2.74. The zero-order valence-corrected chi connectivity index (χ0v) is 28.4. The molecule has 0 heterocycles. The normalized spacial score (nSPS) is 23.0. The number of rotatable bonds is 17. The van der Waals surface area contributed by atoms with Gasteiger partial charge in [-0.05, 0) is 33.3 Å². The standard InChI is InChI=1S/C42H43N3O6/c43-45-44-37-38(48-27-33-18-8-2-9-19-33)39(49-28-34-20-10-3-11-21-34)41(50-29-35-22-12-4-13-23-35)42(40(37)46,51-30-36-24-14-5-15-25-36)31-47-26-32-16-6-1-7-17-32/h1-25,37-41,46H,26-31H2/t37-,38-,39+,40+,41-,42+/m0/s1. The van der Waals surface area contributed by atoms with E-state index in [0.29, 0.717) is 0 Å². The highest BCUT2D eigenvalue weighted by Gasteiger charge is 2.62. The van der Waals surface area contributed by atoms with E-state index >= 15 is 0 Å². The minimum atomic E-state index is -1.56. The van der Waals surface area contributed by atoms with Crippen LogP contribution >= 0.6 is 0 Å². The molecule has 0 aromatic heterocycles. The van der Waals surface area contributed by atoms with Crippen LogP contribution in [0.3, 0.4) is 0 Å². The van der Waals surface area contributed by atoms with Gasteiger partial charge in [0.15, 0.2) is 0 Å². The predicted octanol–water partition coefficient (Wildman–Crippen LogP) is 7.97. The summed E-state index contributed by atoms with van der Waals surface area (Å²) in [6, 6.07) is 47.7. The summed E-state index contributed by atoms with van der Waals surface area (Å²) in [6.07, 6.45) is -4.14. The van der Waals surface area contributed by atoms with Crippen molar-refractivity contribution in [1.82, 2.24) is 0 Å². The Bertz CT molecular complexity index is 1780. The average Bonchev–Trinajstić information content (AvgIpc) is 3.19. The fourth-order valence-electron chi connectivity index (χ4n) is 6.45. The fourth-order valence-corrected chi connectivity index (χ4v) is 6.45. The maximum atomic E-state index is 12.5. The summed E-state index contributed by atoms with van der Waals surface area (Å²) in [5.41, 5.74) is 13.0. The largest absolute Gasteiger partial charge is 0.389 e. The van der Waals surface area contributed by atoms with Gasteiger partial charge < -0.3 is 28.8 Å². The second kappa shape index (κ2) is 18.4. The third kappa shape index (κ3) is 9.49. The van der Waals surface area contributed by atoms with E-state index in [1.165, 1.54) is 0 Å². The Kier molecular flexibility index (Phi) is 13.0. The first-order chi connectivity index (χ1) is 25.2. The molecule has 5 aromatic rings. The van der Waals surface area contributed by atoms with Crippen molar-refractivity contribution in [2.45, 2.75) is 69.1 Å². The molecule has 0 bridgehead atoms. The van der Waals surface area contributed by atoms with Gasteiger partial charge in [0.25, 0.3) is 0 Å². The smallest absolute Gasteiger partial charge is 0.147 e. The lowest BCUT2D eigenvalue weighted by Gasteiger charge is -2.54. The Balaban J connectivity index is 1.43. The van der Waals surface area contributed by atoms with Crippen LogP contribution in [-0.2, 0) is 56.7 Å². The lowest BCUT2D eigenvalue weighted by molar-refractivity contribution is -0.302. The quantitative estimate of drug-likeness (QED) is 0.0603. The highest BCUT2D eigenvalue weighted by Crippen LogP contribution is 2.41. The third-order valence-electron chi connectivity index (χ3n) is 9.08. The first-order valence-corrected chi connectivity index (χ1v) is 17.1. The Morgan fingerprint density at radius 1 is 0.529 bits per heavy atom. The molecule has 1 aliphatic carbocycles. The zero-order valence-electron chi connectivity index (χ0n) is 28.4. The second-order valence-corrected chi connectivity index (χ2v) is 12.6. The van der Waals surface area contributed by atoms with Gasteiger partial charge in [0, 0.05) is 4.91 Å². The SMILES string of the molecule is [N-]=[N+]=N[C@H]1[C@H](OCc2ccccc2)[C@@H](OCc2ccccc2)[C@H](OCc2ccccc2)[C@](COCc2ccccc2)(OCc2ccccc2)[C@@H]1O. The molecule has 262 valence electrons. The van der Waals surface area contributed by atoms with Crippen molar-refractivity contribution >= 4 is 0 Å². The monoisotopic (exact) mass is 685 g/mol. The van der Waals surface area contributed by atoms with E-state index < -0.39 is 36.1 Å². The van der Waals surface area contributed by atoms with Crippen molar-refractivity contribution in [3.05, 3.63) is 190 Å². The second-order valence-electron chi connectivity index (χ2n) is 12.6. The van der Waals surface area contributed by atoms with Crippen LogP contribution < -0.4 is 0 Å². The molecule has 6 rings (SSSR count). The molecule has 0 amide bonds. The molecule has 1 N–H and O–H groups in total. The molecule has 6 atom stereocenters. The minimum absolute atomic E-state index is 0.0938. The molecule has 9 nitrogen and oxygen atoms in total. The van der Waals surface area contributed by atoms with E-state index in [2.05, 4.69) is 10.0 Å². The van der Waals surface area contributed by atoms with Crippen molar-refractivity contribution in [2.75, 3.05) is 6.61 Å². The molecule has 0 saturated heterocycles. The van der Waals surface area contributed by atoms with Gasteiger partial charge >= 0.3 is 0 Å². The van der Waals surface area contributed by atoms with Gasteiger partial charge in [0.2, 0.25) is 0 Å². The first kappa shape index (κ1) is 36.0. The number of hydrogen-bond donors (Lipinski definition) is 1. The number of nitrogens with zero attached hydrogens (tertiary/aromatic N) is 3. The lowest BCUT2D eigenvalue weighted by atomic mass is 9.73. The van der Waals surface area contributed by atoms with Crippen LogP contribution in [0, 0.1) is 0 Å². The summed E-state index contributed by atoms with van der Waals surface area (Å²) in [7, 11) is 0. The highest BCUT2D eigenvalue weighted by atomic mass is 16.6. The zero-order chi connectivity index (χ0) is 35.1. The van der Waals surface area contributed by atoms with Gasteiger partial charge in [-0.1, -0.05) is 157 Å². The van der Waals surface area contributed by atoms with Gasteiger partial charge in [0.05, 0.1) is 57.9 Å². The van der Waals surface area contributed by atoms with E-state index in [9.17, 15) is 10.6 Å². The Hall–Kier alpha value is -4.83. The van der Waals surface area contributed by atoms with Gasteiger partial charge in [-0.3, -0.25) is 0 Å². The van der Waals surface area contributed by atoms with Crippen LogP contribution in [0.15, 0.2) is 157 Å². The number of aliphatic hydroxyl groups is 1. The van der Waals surface area contributed by atoms with E-state index in [4.69, 9.17) is 23.7 Å². The third-order valence-corrected chi connectivity index (χ3v) is 9.08. The Morgan fingerprint density at radius 2 is 0.922 bits per heavy atom. The summed E-state index contributed by atoms with van der Waals surface area (Å²) in [5.74, 6) is 0. The van der Waals surface area contributed by atoms with Crippen LogP contribution in [-0.4, -0.2) is 47.8 Å². The van der Waals surface area contributed by atoms with Gasteiger partial charge in [-0.15, -0.1) is 0 Å².